The second kappa shape index (κ2) is 3.65. The van der Waals surface area contributed by atoms with Crippen molar-refractivity contribution in [2.24, 2.45) is 0 Å². The van der Waals surface area contributed by atoms with Gasteiger partial charge in [-0.25, -0.2) is 4.79 Å². The van der Waals surface area contributed by atoms with Crippen LogP contribution in [0.3, 0.4) is 0 Å². The van der Waals surface area contributed by atoms with Crippen LogP contribution in [-0.2, 0) is 0 Å². The van der Waals surface area contributed by atoms with Gasteiger partial charge in [-0.1, -0.05) is 13.8 Å². The van der Waals surface area contributed by atoms with E-state index in [0.717, 1.165) is 0 Å². The maximum atomic E-state index is 11.4. The Hall–Kier alpha value is -1.24. The zero-order valence-corrected chi connectivity index (χ0v) is 8.13. The maximum absolute atomic E-state index is 11.4. The number of nitriles is 1. The second-order valence-corrected chi connectivity index (χ2v) is 3.23. The molecular weight excluding hydrogens is 166 g/mol. The molecule has 1 fully saturated rings. The largest absolute Gasteiger partial charge is 0.336 e. The highest BCUT2D eigenvalue weighted by molar-refractivity contribution is 5.77. The molecule has 0 aromatic heterocycles. The van der Waals surface area contributed by atoms with E-state index in [1.807, 2.05) is 13.8 Å². The minimum absolute atomic E-state index is 0.106. The van der Waals surface area contributed by atoms with Crippen LogP contribution in [0.25, 0.3) is 0 Å². The zero-order chi connectivity index (χ0) is 9.90. The molecule has 0 aromatic rings. The van der Waals surface area contributed by atoms with Gasteiger partial charge in [-0.2, -0.15) is 5.26 Å². The molecule has 0 atom stereocenters. The average molecular weight is 181 g/mol. The van der Waals surface area contributed by atoms with Crippen molar-refractivity contribution in [3.63, 3.8) is 0 Å². The van der Waals surface area contributed by atoms with Crippen LogP contribution >= 0.6 is 0 Å². The van der Waals surface area contributed by atoms with Gasteiger partial charge >= 0.3 is 6.03 Å². The first-order chi connectivity index (χ1) is 6.20. The molecule has 4 heteroatoms. The summed E-state index contributed by atoms with van der Waals surface area (Å²) in [7, 11) is 0. The Kier molecular flexibility index (Phi) is 2.76. The molecule has 1 aliphatic rings. The van der Waals surface area contributed by atoms with Gasteiger partial charge in [0.15, 0.2) is 0 Å². The standard InChI is InChI=1S/C9H15N3O/c1-3-9(4-2,7-10)12-6-5-11-8(12)13/h3-6H2,1-2H3,(H,11,13). The topological polar surface area (TPSA) is 56.1 Å². The van der Waals surface area contributed by atoms with E-state index in [0.29, 0.717) is 25.9 Å². The van der Waals surface area contributed by atoms with Gasteiger partial charge in [0.2, 0.25) is 0 Å². The van der Waals surface area contributed by atoms with Gasteiger partial charge in [0, 0.05) is 13.1 Å². The Morgan fingerprint density at radius 1 is 1.62 bits per heavy atom. The van der Waals surface area contributed by atoms with Crippen LogP contribution in [0.2, 0.25) is 0 Å². The molecule has 1 rings (SSSR count). The first-order valence-corrected chi connectivity index (χ1v) is 4.67. The Labute approximate surface area is 78.5 Å². The third-order valence-corrected chi connectivity index (χ3v) is 2.75. The van der Waals surface area contributed by atoms with E-state index in [9.17, 15) is 4.79 Å². The summed E-state index contributed by atoms with van der Waals surface area (Å²) >= 11 is 0. The van der Waals surface area contributed by atoms with E-state index in [4.69, 9.17) is 5.26 Å². The summed E-state index contributed by atoms with van der Waals surface area (Å²) in [6.45, 7) is 5.19. The zero-order valence-electron chi connectivity index (χ0n) is 8.13. The van der Waals surface area contributed by atoms with Crippen molar-refractivity contribution in [1.29, 1.82) is 5.26 Å². The quantitative estimate of drug-likeness (QED) is 0.708. The summed E-state index contributed by atoms with van der Waals surface area (Å²) in [6, 6.07) is 2.15. The lowest BCUT2D eigenvalue weighted by molar-refractivity contribution is 0.164. The van der Waals surface area contributed by atoms with E-state index in [-0.39, 0.29) is 6.03 Å². The SMILES string of the molecule is CCC(C#N)(CC)N1CCNC1=O. The van der Waals surface area contributed by atoms with Crippen molar-refractivity contribution in [2.75, 3.05) is 13.1 Å². The first-order valence-electron chi connectivity index (χ1n) is 4.67. The van der Waals surface area contributed by atoms with Gasteiger partial charge in [-0.05, 0) is 12.8 Å². The highest BCUT2D eigenvalue weighted by Crippen LogP contribution is 2.24. The van der Waals surface area contributed by atoms with Crippen molar-refractivity contribution in [2.45, 2.75) is 32.2 Å². The molecule has 1 saturated heterocycles. The fraction of sp³-hybridized carbons (Fsp3) is 0.778. The van der Waals surface area contributed by atoms with Crippen molar-refractivity contribution in [3.8, 4) is 6.07 Å². The molecular formula is C9H15N3O. The molecule has 0 saturated carbocycles. The molecule has 0 aromatic carbocycles. The average Bonchev–Trinajstić information content (AvgIpc) is 2.57. The number of nitrogens with one attached hydrogen (secondary N) is 1. The number of nitrogens with zero attached hydrogens (tertiary/aromatic N) is 2. The fourth-order valence-electron chi connectivity index (χ4n) is 1.73. The van der Waals surface area contributed by atoms with E-state index >= 15 is 0 Å². The molecule has 72 valence electrons. The second-order valence-electron chi connectivity index (χ2n) is 3.23. The lowest BCUT2D eigenvalue weighted by Gasteiger charge is -2.33. The Morgan fingerprint density at radius 3 is 2.54 bits per heavy atom. The molecule has 4 nitrogen and oxygen atoms in total. The smallest absolute Gasteiger partial charge is 0.318 e. The summed E-state index contributed by atoms with van der Waals surface area (Å²) in [6.07, 6.45) is 1.38. The van der Waals surface area contributed by atoms with Crippen LogP contribution in [0.4, 0.5) is 4.79 Å². The normalized spacial score (nSPS) is 17.0. The van der Waals surface area contributed by atoms with E-state index in [1.165, 1.54) is 0 Å². The maximum Gasteiger partial charge on any atom is 0.318 e. The molecule has 0 radical (unpaired) electrons. The summed E-state index contributed by atoms with van der Waals surface area (Å²) in [5.41, 5.74) is -0.597. The molecule has 0 spiro atoms. The predicted octanol–water partition coefficient (Wildman–Crippen LogP) is 1.09. The van der Waals surface area contributed by atoms with Crippen LogP contribution < -0.4 is 5.32 Å². The van der Waals surface area contributed by atoms with E-state index < -0.39 is 5.54 Å². The molecule has 0 aliphatic carbocycles. The van der Waals surface area contributed by atoms with Gasteiger partial charge in [-0.15, -0.1) is 0 Å². The summed E-state index contributed by atoms with van der Waals surface area (Å²) in [5, 5.41) is 11.8. The van der Waals surface area contributed by atoms with E-state index in [1.54, 1.807) is 4.90 Å². The molecule has 1 heterocycles. The number of carbonyl (C=O) groups is 1. The van der Waals surface area contributed by atoms with Gasteiger partial charge in [0.1, 0.15) is 5.54 Å². The molecule has 2 amide bonds. The van der Waals surface area contributed by atoms with Crippen LogP contribution in [0.15, 0.2) is 0 Å². The van der Waals surface area contributed by atoms with Crippen molar-refractivity contribution < 1.29 is 4.79 Å². The fourth-order valence-corrected chi connectivity index (χ4v) is 1.73. The van der Waals surface area contributed by atoms with E-state index in [2.05, 4.69) is 11.4 Å². The van der Waals surface area contributed by atoms with Crippen molar-refractivity contribution >= 4 is 6.03 Å². The number of hydrogen-bond donors (Lipinski definition) is 1. The van der Waals surface area contributed by atoms with Gasteiger partial charge in [0.25, 0.3) is 0 Å². The third-order valence-electron chi connectivity index (χ3n) is 2.75. The molecule has 1 aliphatic heterocycles. The van der Waals surface area contributed by atoms with Crippen LogP contribution in [0.5, 0.6) is 0 Å². The highest BCUT2D eigenvalue weighted by Gasteiger charge is 2.39. The lowest BCUT2D eigenvalue weighted by atomic mass is 9.93. The number of carbonyl (C=O) groups excluding carboxylic acids is 1. The predicted molar refractivity (Wildman–Crippen MR) is 49.0 cm³/mol. The highest BCUT2D eigenvalue weighted by atomic mass is 16.2. The molecule has 0 bridgehead atoms. The monoisotopic (exact) mass is 181 g/mol. The van der Waals surface area contributed by atoms with Gasteiger partial charge < -0.3 is 10.2 Å². The lowest BCUT2D eigenvalue weighted by Crippen LogP contribution is -2.48. The van der Waals surface area contributed by atoms with Crippen molar-refractivity contribution in [1.82, 2.24) is 10.2 Å². The number of urea groups is 1. The molecule has 0 unspecified atom stereocenters. The summed E-state index contributed by atoms with van der Waals surface area (Å²) < 4.78 is 0. The number of amides is 2. The summed E-state index contributed by atoms with van der Waals surface area (Å²) in [4.78, 5) is 13.0. The van der Waals surface area contributed by atoms with Crippen LogP contribution in [-0.4, -0.2) is 29.6 Å². The first kappa shape index (κ1) is 9.85. The molecule has 13 heavy (non-hydrogen) atoms. The third kappa shape index (κ3) is 1.46. The summed E-state index contributed by atoms with van der Waals surface area (Å²) in [5.74, 6) is 0. The van der Waals surface area contributed by atoms with Crippen LogP contribution in [0.1, 0.15) is 26.7 Å². The minimum atomic E-state index is -0.597. The Morgan fingerprint density at radius 2 is 2.23 bits per heavy atom. The number of hydrogen-bond acceptors (Lipinski definition) is 2. The molecule has 1 N–H and O–H groups in total. The van der Waals surface area contributed by atoms with Gasteiger partial charge in [0.05, 0.1) is 6.07 Å². The Bertz CT molecular complexity index is 240. The number of rotatable bonds is 3. The van der Waals surface area contributed by atoms with Gasteiger partial charge in [-0.3, -0.25) is 0 Å². The minimum Gasteiger partial charge on any atom is -0.336 e. The van der Waals surface area contributed by atoms with Crippen molar-refractivity contribution in [3.05, 3.63) is 0 Å². The Balaban J connectivity index is 2.87. The van der Waals surface area contributed by atoms with Crippen LogP contribution in [0, 0.1) is 11.3 Å².